The quantitative estimate of drug-likeness (QED) is 0.801. The Bertz CT molecular complexity index is 594. The maximum Gasteiger partial charge on any atom is 0.232 e. The first-order valence-corrected chi connectivity index (χ1v) is 6.73. The largest absolute Gasteiger partial charge is 0.480 e. The van der Waals surface area contributed by atoms with Crippen molar-refractivity contribution < 1.29 is 9.53 Å². The van der Waals surface area contributed by atoms with Crippen molar-refractivity contribution in [1.82, 2.24) is 14.5 Å². The summed E-state index contributed by atoms with van der Waals surface area (Å²) in [6, 6.07) is 10.0. The van der Waals surface area contributed by atoms with E-state index in [0.717, 1.165) is 37.3 Å². The van der Waals surface area contributed by atoms with Gasteiger partial charge in [0.05, 0.1) is 19.3 Å². The number of para-hydroxylation sites is 1. The number of imidazole rings is 1. The van der Waals surface area contributed by atoms with Crippen LogP contribution in [0.1, 0.15) is 24.7 Å². The van der Waals surface area contributed by atoms with Crippen LogP contribution in [-0.4, -0.2) is 34.5 Å². The first kappa shape index (κ1) is 12.7. The summed E-state index contributed by atoms with van der Waals surface area (Å²) in [6.07, 6.45) is 4.72. The van der Waals surface area contributed by atoms with Crippen molar-refractivity contribution in [3.63, 3.8) is 0 Å². The Labute approximate surface area is 117 Å². The fourth-order valence-electron chi connectivity index (χ4n) is 2.69. The van der Waals surface area contributed by atoms with Gasteiger partial charge in [0.2, 0.25) is 12.3 Å². The van der Waals surface area contributed by atoms with Gasteiger partial charge in [0, 0.05) is 12.2 Å². The van der Waals surface area contributed by atoms with Crippen LogP contribution >= 0.6 is 0 Å². The highest BCUT2D eigenvalue weighted by molar-refractivity contribution is 5.49. The first-order valence-electron chi connectivity index (χ1n) is 6.73. The van der Waals surface area contributed by atoms with Gasteiger partial charge in [-0.2, -0.15) is 4.98 Å². The van der Waals surface area contributed by atoms with E-state index < -0.39 is 0 Å². The van der Waals surface area contributed by atoms with E-state index in [2.05, 4.69) is 4.98 Å². The fraction of sp³-hybridized carbons (Fsp3) is 0.333. The number of benzene rings is 1. The molecule has 1 aliphatic heterocycles. The molecule has 0 N–H and O–H groups in total. The zero-order chi connectivity index (χ0) is 13.9. The second kappa shape index (κ2) is 5.36. The molecule has 0 aliphatic carbocycles. The van der Waals surface area contributed by atoms with Crippen LogP contribution in [0, 0.1) is 0 Å². The highest BCUT2D eigenvalue weighted by Crippen LogP contribution is 2.32. The van der Waals surface area contributed by atoms with E-state index in [-0.39, 0.29) is 6.04 Å². The molecule has 0 saturated carbocycles. The molecule has 3 rings (SSSR count). The van der Waals surface area contributed by atoms with Crippen LogP contribution in [0.15, 0.2) is 36.5 Å². The summed E-state index contributed by atoms with van der Waals surface area (Å²) in [4.78, 5) is 17.5. The van der Waals surface area contributed by atoms with Crippen LogP contribution in [-0.2, 0) is 4.79 Å². The van der Waals surface area contributed by atoms with Crippen molar-refractivity contribution in [3.05, 3.63) is 42.4 Å². The predicted molar refractivity (Wildman–Crippen MR) is 74.9 cm³/mol. The van der Waals surface area contributed by atoms with E-state index in [9.17, 15) is 4.79 Å². The lowest BCUT2D eigenvalue weighted by Crippen LogP contribution is -2.23. The number of amides is 1. The normalized spacial score (nSPS) is 18.2. The standard InChI is InChI=1S/C15H17N3O2/c1-20-14-10-18(12-6-3-2-4-7-12)15(16-14)13-8-5-9-17(13)11-19/h2-4,6-7,10-11,13H,5,8-9H2,1H3. The van der Waals surface area contributed by atoms with Gasteiger partial charge < -0.3 is 9.64 Å². The van der Waals surface area contributed by atoms with E-state index in [1.54, 1.807) is 12.0 Å². The molecule has 1 unspecified atom stereocenters. The van der Waals surface area contributed by atoms with Gasteiger partial charge in [-0.25, -0.2) is 0 Å². The molecule has 1 aromatic heterocycles. The smallest absolute Gasteiger partial charge is 0.232 e. The number of aromatic nitrogens is 2. The number of carbonyl (C=O) groups excluding carboxylic acids is 1. The lowest BCUT2D eigenvalue weighted by molar-refractivity contribution is -0.119. The Morgan fingerprint density at radius 3 is 2.85 bits per heavy atom. The Balaban J connectivity index is 2.06. The summed E-state index contributed by atoms with van der Waals surface area (Å²) in [5, 5.41) is 0. The van der Waals surface area contributed by atoms with Crippen LogP contribution in [0.2, 0.25) is 0 Å². The topological polar surface area (TPSA) is 47.4 Å². The van der Waals surface area contributed by atoms with E-state index in [0.29, 0.717) is 5.88 Å². The third kappa shape index (κ3) is 2.15. The average molecular weight is 271 g/mol. The van der Waals surface area contributed by atoms with Gasteiger partial charge in [0.1, 0.15) is 5.82 Å². The molecule has 5 nitrogen and oxygen atoms in total. The zero-order valence-corrected chi connectivity index (χ0v) is 11.4. The maximum atomic E-state index is 11.2. The molecule has 1 fully saturated rings. The molecule has 20 heavy (non-hydrogen) atoms. The van der Waals surface area contributed by atoms with Crippen molar-refractivity contribution >= 4 is 6.41 Å². The molecule has 104 valence electrons. The minimum absolute atomic E-state index is 0.0246. The first-order chi connectivity index (χ1) is 9.83. The summed E-state index contributed by atoms with van der Waals surface area (Å²) >= 11 is 0. The molecular formula is C15H17N3O2. The summed E-state index contributed by atoms with van der Waals surface area (Å²) in [6.45, 7) is 0.790. The third-order valence-corrected chi connectivity index (χ3v) is 3.68. The SMILES string of the molecule is COc1cn(-c2ccccc2)c(C2CCCN2C=O)n1. The van der Waals surface area contributed by atoms with Crippen LogP contribution in [0.5, 0.6) is 5.88 Å². The van der Waals surface area contributed by atoms with Crippen LogP contribution in [0.25, 0.3) is 5.69 Å². The molecule has 1 saturated heterocycles. The number of carbonyl (C=O) groups is 1. The molecule has 2 heterocycles. The third-order valence-electron chi connectivity index (χ3n) is 3.68. The highest BCUT2D eigenvalue weighted by atomic mass is 16.5. The number of nitrogens with zero attached hydrogens (tertiary/aromatic N) is 3. The fourth-order valence-corrected chi connectivity index (χ4v) is 2.69. The summed E-state index contributed by atoms with van der Waals surface area (Å²) < 4.78 is 7.25. The van der Waals surface area contributed by atoms with Crippen molar-refractivity contribution in [2.24, 2.45) is 0 Å². The van der Waals surface area contributed by atoms with Gasteiger partial charge in [-0.1, -0.05) is 18.2 Å². The molecule has 1 amide bonds. The number of hydrogen-bond donors (Lipinski definition) is 0. The van der Waals surface area contributed by atoms with Gasteiger partial charge in [-0.15, -0.1) is 0 Å². The molecule has 0 radical (unpaired) electrons. The molecule has 5 heteroatoms. The molecule has 1 atom stereocenters. The molecule has 1 aliphatic rings. The molecule has 1 aromatic carbocycles. The summed E-state index contributed by atoms with van der Waals surface area (Å²) in [5.74, 6) is 1.43. The highest BCUT2D eigenvalue weighted by Gasteiger charge is 2.29. The van der Waals surface area contributed by atoms with E-state index in [1.165, 1.54) is 0 Å². The van der Waals surface area contributed by atoms with Gasteiger partial charge in [0.25, 0.3) is 0 Å². The van der Waals surface area contributed by atoms with E-state index >= 15 is 0 Å². The number of ether oxygens (including phenoxy) is 1. The van der Waals surface area contributed by atoms with Crippen LogP contribution < -0.4 is 4.74 Å². The molecule has 0 bridgehead atoms. The number of rotatable bonds is 4. The average Bonchev–Trinajstić information content (AvgIpc) is 3.13. The Morgan fingerprint density at radius 2 is 2.15 bits per heavy atom. The molecule has 0 spiro atoms. The van der Waals surface area contributed by atoms with Crippen molar-refractivity contribution in [3.8, 4) is 11.6 Å². The zero-order valence-electron chi connectivity index (χ0n) is 11.4. The number of methoxy groups -OCH3 is 1. The van der Waals surface area contributed by atoms with Crippen LogP contribution in [0.4, 0.5) is 0 Å². The van der Waals surface area contributed by atoms with Gasteiger partial charge >= 0.3 is 0 Å². The Morgan fingerprint density at radius 1 is 1.35 bits per heavy atom. The van der Waals surface area contributed by atoms with Gasteiger partial charge in [-0.3, -0.25) is 9.36 Å². The van der Waals surface area contributed by atoms with Gasteiger partial charge in [0.15, 0.2) is 0 Å². The monoisotopic (exact) mass is 271 g/mol. The van der Waals surface area contributed by atoms with E-state index in [1.807, 2.05) is 41.1 Å². The lowest BCUT2D eigenvalue weighted by atomic mass is 10.2. The Hall–Kier alpha value is -2.30. The van der Waals surface area contributed by atoms with Crippen molar-refractivity contribution in [2.45, 2.75) is 18.9 Å². The van der Waals surface area contributed by atoms with Crippen molar-refractivity contribution in [2.75, 3.05) is 13.7 Å². The minimum Gasteiger partial charge on any atom is -0.480 e. The second-order valence-corrected chi connectivity index (χ2v) is 4.85. The summed E-state index contributed by atoms with van der Waals surface area (Å²) in [5.41, 5.74) is 1.02. The molecular weight excluding hydrogens is 254 g/mol. The number of likely N-dealkylation sites (tertiary alicyclic amines) is 1. The molecule has 2 aromatic rings. The second-order valence-electron chi connectivity index (χ2n) is 4.85. The maximum absolute atomic E-state index is 11.2. The lowest BCUT2D eigenvalue weighted by Gasteiger charge is -2.20. The minimum atomic E-state index is 0.0246. The van der Waals surface area contributed by atoms with Crippen LogP contribution in [0.3, 0.4) is 0 Å². The van der Waals surface area contributed by atoms with Gasteiger partial charge in [-0.05, 0) is 25.0 Å². The summed E-state index contributed by atoms with van der Waals surface area (Å²) in [7, 11) is 1.60. The number of hydrogen-bond acceptors (Lipinski definition) is 3. The van der Waals surface area contributed by atoms with E-state index in [4.69, 9.17) is 4.74 Å². The van der Waals surface area contributed by atoms with Crippen molar-refractivity contribution in [1.29, 1.82) is 0 Å². The Kier molecular flexibility index (Phi) is 3.41. The predicted octanol–water partition coefficient (Wildman–Crippen LogP) is 2.17.